The van der Waals surface area contributed by atoms with E-state index in [9.17, 15) is 13.2 Å². The van der Waals surface area contributed by atoms with Crippen LogP contribution in [0.1, 0.15) is 63.9 Å². The lowest BCUT2D eigenvalue weighted by Gasteiger charge is -2.25. The van der Waals surface area contributed by atoms with Crippen molar-refractivity contribution in [2.24, 2.45) is 16.8 Å². The highest BCUT2D eigenvalue weighted by Crippen LogP contribution is 2.32. The molecule has 1 fully saturated rings. The van der Waals surface area contributed by atoms with Gasteiger partial charge in [0.15, 0.2) is 11.6 Å². The molecule has 1 saturated carbocycles. The molecule has 0 spiro atoms. The number of aliphatic imine (C=N–C) groups is 1. The zero-order chi connectivity index (χ0) is 22.2. The van der Waals surface area contributed by atoms with E-state index in [1.807, 2.05) is 5.16 Å². The molecule has 1 nitrogen and oxygen atoms in total. The molecule has 0 amide bonds. The summed E-state index contributed by atoms with van der Waals surface area (Å²) < 4.78 is 42.8. The van der Waals surface area contributed by atoms with Crippen LogP contribution in [0, 0.1) is 41.1 Å². The maximum atomic E-state index is 14.6. The summed E-state index contributed by atoms with van der Waals surface area (Å²) in [4.78, 5) is 3.37. The molecule has 5 heteroatoms. The van der Waals surface area contributed by atoms with E-state index in [0.29, 0.717) is 11.5 Å². The van der Waals surface area contributed by atoms with Crippen LogP contribution in [-0.4, -0.2) is 5.16 Å². The van der Waals surface area contributed by atoms with Crippen molar-refractivity contribution in [3.05, 3.63) is 53.3 Å². The lowest BCUT2D eigenvalue weighted by Crippen LogP contribution is -2.13. The minimum absolute atomic E-state index is 0.0942. The fraction of sp³-hybridized carbons (Fsp3) is 0.423. The van der Waals surface area contributed by atoms with Gasteiger partial charge in [0, 0.05) is 17.0 Å². The highest BCUT2D eigenvalue weighted by Gasteiger charge is 2.19. The third-order valence-electron chi connectivity index (χ3n) is 5.94. The van der Waals surface area contributed by atoms with Gasteiger partial charge in [-0.05, 0) is 73.6 Å². The number of thiocarbonyl (C=S) groups is 1. The van der Waals surface area contributed by atoms with Gasteiger partial charge in [0.05, 0.1) is 5.16 Å². The van der Waals surface area contributed by atoms with E-state index in [4.69, 9.17) is 0 Å². The van der Waals surface area contributed by atoms with Crippen LogP contribution in [0.15, 0.2) is 35.3 Å². The lowest BCUT2D eigenvalue weighted by atomic mass is 9.80. The molecule has 0 aliphatic heterocycles. The van der Waals surface area contributed by atoms with E-state index in [1.165, 1.54) is 50.7 Å². The minimum atomic E-state index is -0.916. The molecule has 0 aromatic heterocycles. The number of isothiocyanates is 1. The van der Waals surface area contributed by atoms with Gasteiger partial charge in [-0.1, -0.05) is 50.5 Å². The third kappa shape index (κ3) is 6.29. The second kappa shape index (κ2) is 11.3. The molecule has 0 atom stereocenters. The van der Waals surface area contributed by atoms with Crippen molar-refractivity contribution >= 4 is 23.1 Å². The average molecular weight is 442 g/mol. The Bertz CT molecular complexity index is 1000. The first kappa shape index (κ1) is 23.3. The second-order valence-corrected chi connectivity index (χ2v) is 8.35. The van der Waals surface area contributed by atoms with Crippen LogP contribution in [0.25, 0.3) is 11.1 Å². The number of halogens is 3. The molecule has 31 heavy (non-hydrogen) atoms. The van der Waals surface area contributed by atoms with Crippen molar-refractivity contribution < 1.29 is 13.2 Å². The number of rotatable bonds is 6. The largest absolute Gasteiger partial charge is 0.206 e. The standard InChI is InChI=1S/C26H26F3NS/c1-2-3-4-5-18-6-8-19(9-7-18)10-11-20-12-13-22(23(27)14-20)21-15-24(28)26(30-17-31)25(29)16-21/h12-16,18-19H,2-9H2,1H3. The third-order valence-corrected chi connectivity index (χ3v) is 6.03. The molecule has 0 heterocycles. The summed E-state index contributed by atoms with van der Waals surface area (Å²) in [5, 5.41) is 1.94. The molecule has 0 unspecified atom stereocenters. The van der Waals surface area contributed by atoms with Gasteiger partial charge < -0.3 is 0 Å². The van der Waals surface area contributed by atoms with Gasteiger partial charge in [-0.25, -0.2) is 13.2 Å². The lowest BCUT2D eigenvalue weighted by molar-refractivity contribution is 0.294. The number of hydrogen-bond acceptors (Lipinski definition) is 2. The fourth-order valence-electron chi connectivity index (χ4n) is 4.16. The Balaban J connectivity index is 1.67. The molecule has 0 radical (unpaired) electrons. The van der Waals surface area contributed by atoms with Crippen LogP contribution in [-0.2, 0) is 0 Å². The summed E-state index contributed by atoms with van der Waals surface area (Å²) in [5.41, 5.74) is 0.237. The van der Waals surface area contributed by atoms with Gasteiger partial charge in [0.1, 0.15) is 11.5 Å². The first-order chi connectivity index (χ1) is 15.0. The van der Waals surface area contributed by atoms with Crippen LogP contribution in [0.4, 0.5) is 18.9 Å². The molecule has 0 bridgehead atoms. The predicted molar refractivity (Wildman–Crippen MR) is 123 cm³/mol. The minimum Gasteiger partial charge on any atom is -0.206 e. The average Bonchev–Trinajstić information content (AvgIpc) is 2.76. The Hall–Kier alpha value is -2.41. The Labute approximate surface area is 187 Å². The van der Waals surface area contributed by atoms with Gasteiger partial charge in [-0.2, -0.15) is 4.99 Å². The molecule has 0 N–H and O–H groups in total. The van der Waals surface area contributed by atoms with E-state index in [-0.39, 0.29) is 11.1 Å². The molecular weight excluding hydrogens is 415 g/mol. The zero-order valence-corrected chi connectivity index (χ0v) is 18.5. The smallest absolute Gasteiger partial charge is 0.153 e. The van der Waals surface area contributed by atoms with Crippen molar-refractivity contribution in [1.29, 1.82) is 0 Å². The van der Waals surface area contributed by atoms with Crippen LogP contribution in [0.5, 0.6) is 0 Å². The molecule has 2 aromatic rings. The Morgan fingerprint density at radius 1 is 0.968 bits per heavy atom. The van der Waals surface area contributed by atoms with Crippen LogP contribution in [0.2, 0.25) is 0 Å². The molecule has 3 rings (SSSR count). The highest BCUT2D eigenvalue weighted by molar-refractivity contribution is 7.78. The van der Waals surface area contributed by atoms with Crippen molar-refractivity contribution in [2.75, 3.05) is 0 Å². The fourth-order valence-corrected chi connectivity index (χ4v) is 4.26. The Morgan fingerprint density at radius 3 is 2.29 bits per heavy atom. The predicted octanol–water partition coefficient (Wildman–Crippen LogP) is 8.24. The summed E-state index contributed by atoms with van der Waals surface area (Å²) >= 11 is 4.39. The highest BCUT2D eigenvalue weighted by atomic mass is 32.1. The maximum Gasteiger partial charge on any atom is 0.153 e. The van der Waals surface area contributed by atoms with Gasteiger partial charge in [-0.15, -0.1) is 0 Å². The summed E-state index contributed by atoms with van der Waals surface area (Å²) in [6, 6.07) is 6.58. The van der Waals surface area contributed by atoms with Gasteiger partial charge in [-0.3, -0.25) is 0 Å². The summed E-state index contributed by atoms with van der Waals surface area (Å²) in [6.07, 6.45) is 9.84. The molecular formula is C26H26F3NS. The molecule has 162 valence electrons. The molecule has 0 saturated heterocycles. The van der Waals surface area contributed by atoms with Crippen molar-refractivity contribution in [3.8, 4) is 23.0 Å². The van der Waals surface area contributed by atoms with Gasteiger partial charge in [0.2, 0.25) is 0 Å². The van der Waals surface area contributed by atoms with E-state index in [2.05, 4.69) is 36.0 Å². The van der Waals surface area contributed by atoms with Gasteiger partial charge >= 0.3 is 0 Å². The van der Waals surface area contributed by atoms with Crippen LogP contribution in [0.3, 0.4) is 0 Å². The molecule has 2 aromatic carbocycles. The number of unbranched alkanes of at least 4 members (excludes halogenated alkanes) is 2. The van der Waals surface area contributed by atoms with E-state index >= 15 is 0 Å². The Morgan fingerprint density at radius 2 is 1.68 bits per heavy atom. The summed E-state index contributed by atoms with van der Waals surface area (Å²) in [5.74, 6) is 5.13. The van der Waals surface area contributed by atoms with E-state index < -0.39 is 23.1 Å². The number of benzene rings is 2. The summed E-state index contributed by atoms with van der Waals surface area (Å²) in [7, 11) is 0. The quantitative estimate of drug-likeness (QED) is 0.190. The van der Waals surface area contributed by atoms with E-state index in [1.54, 1.807) is 6.07 Å². The van der Waals surface area contributed by atoms with Crippen LogP contribution < -0.4 is 0 Å². The second-order valence-electron chi connectivity index (χ2n) is 8.17. The molecule has 1 aliphatic rings. The number of nitrogens with zero attached hydrogens (tertiary/aromatic N) is 1. The maximum absolute atomic E-state index is 14.6. The van der Waals surface area contributed by atoms with Crippen molar-refractivity contribution in [3.63, 3.8) is 0 Å². The first-order valence-corrected chi connectivity index (χ1v) is 11.3. The first-order valence-electron chi connectivity index (χ1n) is 10.9. The topological polar surface area (TPSA) is 12.4 Å². The van der Waals surface area contributed by atoms with Crippen molar-refractivity contribution in [2.45, 2.75) is 58.3 Å². The monoisotopic (exact) mass is 441 g/mol. The van der Waals surface area contributed by atoms with Crippen LogP contribution >= 0.6 is 12.2 Å². The summed E-state index contributed by atoms with van der Waals surface area (Å²) in [6.45, 7) is 2.23. The number of hydrogen-bond donors (Lipinski definition) is 0. The SMILES string of the molecule is CCCCCC1CCC(C#Cc2ccc(-c3cc(F)c(N=C=S)c(F)c3)c(F)c2)CC1. The normalized spacial score (nSPS) is 18.1. The Kier molecular flexibility index (Phi) is 8.46. The van der Waals surface area contributed by atoms with Gasteiger partial charge in [0.25, 0.3) is 0 Å². The zero-order valence-electron chi connectivity index (χ0n) is 17.7. The molecule has 1 aliphatic carbocycles. The van der Waals surface area contributed by atoms with Crippen molar-refractivity contribution in [1.82, 2.24) is 0 Å². The van der Waals surface area contributed by atoms with E-state index in [0.717, 1.165) is 30.9 Å².